The summed E-state index contributed by atoms with van der Waals surface area (Å²) in [5.41, 5.74) is -1.94. The topological polar surface area (TPSA) is 67.8 Å². The van der Waals surface area contributed by atoms with Gasteiger partial charge in [-0.15, -0.1) is 0 Å². The zero-order valence-electron chi connectivity index (χ0n) is 13.3. The van der Waals surface area contributed by atoms with E-state index < -0.39 is 22.7 Å². The Kier molecular flexibility index (Phi) is 6.29. The lowest BCUT2D eigenvalue weighted by Gasteiger charge is -2.40. The van der Waals surface area contributed by atoms with Gasteiger partial charge in [-0.05, 0) is 34.1 Å². The second kappa shape index (κ2) is 6.57. The van der Waals surface area contributed by atoms with Crippen molar-refractivity contribution in [2.24, 2.45) is 5.41 Å². The molecule has 0 aliphatic rings. The molecule has 0 aliphatic heterocycles. The molecule has 0 saturated carbocycles. The van der Waals surface area contributed by atoms with Gasteiger partial charge in [0, 0.05) is 25.7 Å². The number of methoxy groups -OCH3 is 1. The Balaban J connectivity index is 4.40. The molecule has 0 aromatic rings. The first-order chi connectivity index (χ1) is 8.41. The third-order valence-corrected chi connectivity index (χ3v) is 3.32. The van der Waals surface area contributed by atoms with Gasteiger partial charge in [-0.25, -0.2) is 4.79 Å². The maximum atomic E-state index is 11.6. The second-order valence-corrected chi connectivity index (χ2v) is 6.76. The van der Waals surface area contributed by atoms with Gasteiger partial charge in [0.2, 0.25) is 0 Å². The van der Waals surface area contributed by atoms with Crippen molar-refractivity contribution in [3.05, 3.63) is 0 Å². The number of carbonyl (C=O) groups excluding carboxylic acids is 1. The van der Waals surface area contributed by atoms with Crippen LogP contribution >= 0.6 is 0 Å². The molecule has 0 bridgehead atoms. The van der Waals surface area contributed by atoms with Crippen LogP contribution in [-0.2, 0) is 9.47 Å². The predicted molar refractivity (Wildman–Crippen MR) is 75.1 cm³/mol. The van der Waals surface area contributed by atoms with Crippen molar-refractivity contribution in [1.82, 2.24) is 5.32 Å². The second-order valence-electron chi connectivity index (χ2n) is 6.76. The van der Waals surface area contributed by atoms with Crippen molar-refractivity contribution in [3.63, 3.8) is 0 Å². The Morgan fingerprint density at radius 2 is 1.68 bits per heavy atom. The lowest BCUT2D eigenvalue weighted by atomic mass is 9.74. The van der Waals surface area contributed by atoms with Crippen LogP contribution in [-0.4, -0.2) is 42.7 Å². The molecule has 0 spiro atoms. The molecule has 0 heterocycles. The van der Waals surface area contributed by atoms with Gasteiger partial charge in [0.05, 0.1) is 5.60 Å². The van der Waals surface area contributed by atoms with Crippen molar-refractivity contribution in [2.75, 3.05) is 20.3 Å². The van der Waals surface area contributed by atoms with Crippen LogP contribution < -0.4 is 5.32 Å². The van der Waals surface area contributed by atoms with Gasteiger partial charge < -0.3 is 19.9 Å². The van der Waals surface area contributed by atoms with Gasteiger partial charge >= 0.3 is 6.09 Å². The van der Waals surface area contributed by atoms with E-state index in [0.29, 0.717) is 19.6 Å². The summed E-state index contributed by atoms with van der Waals surface area (Å²) >= 11 is 0. The summed E-state index contributed by atoms with van der Waals surface area (Å²) in [5.74, 6) is 0. The van der Waals surface area contributed by atoms with Crippen molar-refractivity contribution in [1.29, 1.82) is 0 Å². The molecular formula is C14H29NO4. The summed E-state index contributed by atoms with van der Waals surface area (Å²) in [6.07, 6.45) is 0.0371. The van der Waals surface area contributed by atoms with E-state index in [-0.39, 0.29) is 0 Å². The van der Waals surface area contributed by atoms with Gasteiger partial charge in [-0.3, -0.25) is 0 Å². The van der Waals surface area contributed by atoms with Crippen molar-refractivity contribution >= 4 is 6.09 Å². The van der Waals surface area contributed by atoms with E-state index in [2.05, 4.69) is 5.32 Å². The van der Waals surface area contributed by atoms with Gasteiger partial charge in [0.25, 0.3) is 0 Å². The fourth-order valence-electron chi connectivity index (χ4n) is 1.44. The van der Waals surface area contributed by atoms with E-state index in [1.165, 1.54) is 0 Å². The molecule has 1 amide bonds. The summed E-state index contributed by atoms with van der Waals surface area (Å²) in [6, 6.07) is 0. The van der Waals surface area contributed by atoms with E-state index in [1.807, 2.05) is 34.6 Å². The molecule has 114 valence electrons. The molecule has 1 atom stereocenters. The molecule has 5 heteroatoms. The molecule has 0 saturated heterocycles. The summed E-state index contributed by atoms with van der Waals surface area (Å²) in [7, 11) is 1.60. The Hall–Kier alpha value is -0.810. The zero-order chi connectivity index (χ0) is 15.3. The molecule has 19 heavy (non-hydrogen) atoms. The SMILES string of the molecule is COCCC(C)(O)C(C)(C)CNC(=O)OC(C)(C)C. The number of aliphatic hydroxyl groups is 1. The summed E-state index contributed by atoms with van der Waals surface area (Å²) in [5, 5.41) is 13.1. The third-order valence-electron chi connectivity index (χ3n) is 3.32. The average Bonchev–Trinajstić information content (AvgIpc) is 2.21. The monoisotopic (exact) mass is 275 g/mol. The van der Waals surface area contributed by atoms with E-state index in [1.54, 1.807) is 14.0 Å². The van der Waals surface area contributed by atoms with Crippen molar-refractivity contribution in [3.8, 4) is 0 Å². The standard InChI is InChI=1S/C14H29NO4/c1-12(2,3)19-11(16)15-10-13(4,5)14(6,17)8-9-18-7/h17H,8-10H2,1-7H3,(H,15,16). The molecule has 5 nitrogen and oxygen atoms in total. The van der Waals surface area contributed by atoms with Crippen molar-refractivity contribution in [2.45, 2.75) is 59.2 Å². The van der Waals surface area contributed by atoms with E-state index >= 15 is 0 Å². The molecule has 0 aromatic carbocycles. The predicted octanol–water partition coefficient (Wildman–Crippen LogP) is 2.32. The number of nitrogens with one attached hydrogen (secondary N) is 1. The van der Waals surface area contributed by atoms with Crippen molar-refractivity contribution < 1.29 is 19.4 Å². The lowest BCUT2D eigenvalue weighted by Crippen LogP contribution is -2.50. The maximum Gasteiger partial charge on any atom is 0.407 e. The molecule has 0 aromatic heterocycles. The smallest absolute Gasteiger partial charge is 0.407 e. The minimum absolute atomic E-state index is 0.332. The first-order valence-electron chi connectivity index (χ1n) is 6.59. The Morgan fingerprint density at radius 3 is 2.11 bits per heavy atom. The van der Waals surface area contributed by atoms with Crippen LogP contribution in [0, 0.1) is 5.41 Å². The zero-order valence-corrected chi connectivity index (χ0v) is 13.3. The number of ether oxygens (including phenoxy) is 2. The maximum absolute atomic E-state index is 11.6. The molecule has 0 fully saturated rings. The van der Waals surface area contributed by atoms with E-state index in [0.717, 1.165) is 0 Å². The molecule has 0 aliphatic carbocycles. The molecule has 1 unspecified atom stereocenters. The number of rotatable bonds is 6. The molecule has 2 N–H and O–H groups in total. The highest BCUT2D eigenvalue weighted by atomic mass is 16.6. The number of hydrogen-bond acceptors (Lipinski definition) is 4. The quantitative estimate of drug-likeness (QED) is 0.780. The van der Waals surface area contributed by atoms with Gasteiger partial charge in [0.15, 0.2) is 0 Å². The van der Waals surface area contributed by atoms with E-state index in [9.17, 15) is 9.90 Å². The van der Waals surface area contributed by atoms with Crippen LogP contribution in [0.1, 0.15) is 48.0 Å². The summed E-state index contributed by atoms with van der Waals surface area (Å²) < 4.78 is 10.2. The lowest BCUT2D eigenvalue weighted by molar-refractivity contribution is -0.0690. The van der Waals surface area contributed by atoms with Crippen LogP contribution in [0.3, 0.4) is 0 Å². The first kappa shape index (κ1) is 18.2. The first-order valence-corrected chi connectivity index (χ1v) is 6.59. The average molecular weight is 275 g/mol. The number of alkyl carbamates (subject to hydrolysis) is 1. The van der Waals surface area contributed by atoms with Crippen LogP contribution in [0.25, 0.3) is 0 Å². The van der Waals surface area contributed by atoms with Crippen LogP contribution in [0.2, 0.25) is 0 Å². The summed E-state index contributed by atoms with van der Waals surface area (Å²) in [4.78, 5) is 11.6. The van der Waals surface area contributed by atoms with Gasteiger partial charge in [-0.1, -0.05) is 13.8 Å². The normalized spacial score (nSPS) is 15.8. The fourth-order valence-corrected chi connectivity index (χ4v) is 1.44. The minimum Gasteiger partial charge on any atom is -0.444 e. The van der Waals surface area contributed by atoms with Gasteiger partial charge in [0.1, 0.15) is 5.60 Å². The Bertz CT molecular complexity index is 292. The van der Waals surface area contributed by atoms with Crippen LogP contribution in [0.15, 0.2) is 0 Å². The molecule has 0 radical (unpaired) electrons. The Morgan fingerprint density at radius 1 is 1.16 bits per heavy atom. The summed E-state index contributed by atoms with van der Waals surface area (Å²) in [6.45, 7) is 11.8. The fraction of sp³-hybridized carbons (Fsp3) is 0.929. The minimum atomic E-state index is -0.933. The number of hydrogen-bond donors (Lipinski definition) is 2. The number of carbonyl (C=O) groups is 1. The highest BCUT2D eigenvalue weighted by Crippen LogP contribution is 2.32. The highest BCUT2D eigenvalue weighted by molar-refractivity contribution is 5.67. The number of amides is 1. The third kappa shape index (κ3) is 6.78. The largest absolute Gasteiger partial charge is 0.444 e. The Labute approximate surface area is 116 Å². The molecular weight excluding hydrogens is 246 g/mol. The highest BCUT2D eigenvalue weighted by Gasteiger charge is 2.39. The molecule has 0 rings (SSSR count). The van der Waals surface area contributed by atoms with E-state index in [4.69, 9.17) is 9.47 Å². The van der Waals surface area contributed by atoms with Crippen LogP contribution in [0.5, 0.6) is 0 Å². The van der Waals surface area contributed by atoms with Crippen LogP contribution in [0.4, 0.5) is 4.79 Å². The van der Waals surface area contributed by atoms with Gasteiger partial charge in [-0.2, -0.15) is 0 Å².